The minimum absolute atomic E-state index is 0.0667. The number of allylic oxidation sites excluding steroid dienone is 1. The second-order valence-corrected chi connectivity index (χ2v) is 10.2. The van der Waals surface area contributed by atoms with Gasteiger partial charge in [-0.25, -0.2) is 4.99 Å². The van der Waals surface area contributed by atoms with E-state index < -0.39 is 0 Å². The zero-order chi connectivity index (χ0) is 26.2. The lowest BCUT2D eigenvalue weighted by molar-refractivity contribution is 0.311. The molecule has 192 valence electrons. The summed E-state index contributed by atoms with van der Waals surface area (Å²) in [4.78, 5) is 19.8. The van der Waals surface area contributed by atoms with Crippen LogP contribution in [0, 0.1) is 0 Å². The molecule has 0 N–H and O–H groups in total. The van der Waals surface area contributed by atoms with Crippen molar-refractivity contribution in [3.8, 4) is 17.2 Å². The molecule has 2 aliphatic rings. The third-order valence-electron chi connectivity index (χ3n) is 7.09. The van der Waals surface area contributed by atoms with Gasteiger partial charge in [-0.3, -0.25) is 9.36 Å². The first-order valence-electron chi connectivity index (χ1n) is 12.7. The quantitative estimate of drug-likeness (QED) is 0.366. The first-order chi connectivity index (χ1) is 18.6. The predicted octanol–water partition coefficient (Wildman–Crippen LogP) is 4.73. The van der Waals surface area contributed by atoms with Crippen LogP contribution in [-0.2, 0) is 6.42 Å². The van der Waals surface area contributed by atoms with Gasteiger partial charge in [-0.2, -0.15) is 0 Å². The summed E-state index contributed by atoms with van der Waals surface area (Å²) in [5.41, 5.74) is 6.30. The van der Waals surface area contributed by atoms with Gasteiger partial charge in [0, 0.05) is 11.1 Å². The van der Waals surface area contributed by atoms with Crippen LogP contribution in [0.2, 0.25) is 0 Å². The van der Waals surface area contributed by atoms with Crippen molar-refractivity contribution in [2.75, 3.05) is 20.8 Å². The maximum absolute atomic E-state index is 14.0. The second kappa shape index (κ2) is 9.99. The summed E-state index contributed by atoms with van der Waals surface area (Å²) in [6.45, 7) is 2.48. The van der Waals surface area contributed by atoms with Crippen molar-refractivity contribution in [3.05, 3.63) is 114 Å². The highest BCUT2D eigenvalue weighted by Gasteiger charge is 2.33. The molecule has 2 heterocycles. The highest BCUT2D eigenvalue weighted by atomic mass is 32.1. The fourth-order valence-corrected chi connectivity index (χ4v) is 6.39. The minimum atomic E-state index is -0.289. The predicted molar refractivity (Wildman–Crippen MR) is 150 cm³/mol. The van der Waals surface area contributed by atoms with E-state index >= 15 is 0 Å². The zero-order valence-corrected chi connectivity index (χ0v) is 22.4. The molecule has 7 heteroatoms. The number of thiazole rings is 1. The van der Waals surface area contributed by atoms with Gasteiger partial charge in [-0.05, 0) is 60.7 Å². The molecule has 4 aromatic rings. The van der Waals surface area contributed by atoms with E-state index in [0.29, 0.717) is 27.4 Å². The number of ether oxygens (including phenoxy) is 3. The molecular weight excluding hydrogens is 496 g/mol. The molecule has 1 atom stereocenters. The number of benzene rings is 3. The Labute approximate surface area is 224 Å². The summed E-state index contributed by atoms with van der Waals surface area (Å²) < 4.78 is 19.4. The van der Waals surface area contributed by atoms with Gasteiger partial charge in [0.2, 0.25) is 0 Å². The largest absolute Gasteiger partial charge is 0.496 e. The molecule has 38 heavy (non-hydrogen) atoms. The lowest BCUT2D eigenvalue weighted by atomic mass is 9.83. The molecule has 0 saturated carbocycles. The SMILES string of the molecule is CCOc1ccc(/C=c2\sc3n(c2=O)C(c2ccccc2OC)C2=C(N=3)c3ccccc3CC2)cc1OC. The van der Waals surface area contributed by atoms with E-state index in [1.54, 1.807) is 14.2 Å². The van der Waals surface area contributed by atoms with Gasteiger partial charge >= 0.3 is 0 Å². The molecule has 1 aliphatic heterocycles. The van der Waals surface area contributed by atoms with Gasteiger partial charge in [0.25, 0.3) is 5.56 Å². The highest BCUT2D eigenvalue weighted by Crippen LogP contribution is 2.43. The lowest BCUT2D eigenvalue weighted by Crippen LogP contribution is -2.39. The normalized spacial score (nSPS) is 16.3. The number of aryl methyl sites for hydroxylation is 1. The Hall–Kier alpha value is -4.10. The molecule has 0 fully saturated rings. The van der Waals surface area contributed by atoms with Crippen LogP contribution in [0.1, 0.15) is 41.6 Å². The van der Waals surface area contributed by atoms with Gasteiger partial charge in [0.05, 0.1) is 37.1 Å². The van der Waals surface area contributed by atoms with E-state index in [0.717, 1.165) is 46.6 Å². The van der Waals surface area contributed by atoms with Crippen LogP contribution in [0.4, 0.5) is 0 Å². The second-order valence-electron chi connectivity index (χ2n) is 9.20. The molecule has 1 aromatic heterocycles. The number of fused-ring (bicyclic) bond motifs is 3. The molecule has 0 amide bonds. The molecule has 1 unspecified atom stereocenters. The van der Waals surface area contributed by atoms with Gasteiger partial charge in [-0.1, -0.05) is 59.9 Å². The van der Waals surface area contributed by atoms with E-state index in [4.69, 9.17) is 19.2 Å². The third-order valence-corrected chi connectivity index (χ3v) is 8.07. The Balaban J connectivity index is 1.58. The van der Waals surface area contributed by atoms with E-state index in [1.807, 2.05) is 54.0 Å². The maximum Gasteiger partial charge on any atom is 0.271 e. The Morgan fingerprint density at radius 3 is 2.58 bits per heavy atom. The molecule has 0 saturated heterocycles. The molecule has 6 rings (SSSR count). The first-order valence-corrected chi connectivity index (χ1v) is 13.5. The number of hydrogen-bond donors (Lipinski definition) is 0. The van der Waals surface area contributed by atoms with Gasteiger partial charge in [-0.15, -0.1) is 0 Å². The first kappa shape index (κ1) is 24.2. The summed E-state index contributed by atoms with van der Waals surface area (Å²) in [6.07, 6.45) is 3.64. The number of para-hydroxylation sites is 1. The number of aromatic nitrogens is 1. The summed E-state index contributed by atoms with van der Waals surface area (Å²) >= 11 is 1.41. The molecular formula is C31H28N2O4S. The summed E-state index contributed by atoms with van der Waals surface area (Å²) in [6, 6.07) is 21.8. The van der Waals surface area contributed by atoms with Crippen LogP contribution < -0.4 is 29.1 Å². The van der Waals surface area contributed by atoms with Crippen molar-refractivity contribution in [3.63, 3.8) is 0 Å². The topological polar surface area (TPSA) is 62.0 Å². The smallest absolute Gasteiger partial charge is 0.271 e. The van der Waals surface area contributed by atoms with Gasteiger partial charge in [0.15, 0.2) is 16.3 Å². The zero-order valence-electron chi connectivity index (χ0n) is 21.6. The van der Waals surface area contributed by atoms with Crippen LogP contribution in [-0.4, -0.2) is 25.4 Å². The standard InChI is InChI=1S/C31H28N2O4S/c1-4-37-25-16-13-19(17-26(25)36-3)18-27-30(34)33-29(22-11-7-8-12-24(22)35-2)23-15-14-20-9-5-6-10-21(20)28(23)32-31(33)38-27/h5-13,16-18,29H,4,14-15H2,1-3H3/b27-18-. The average molecular weight is 525 g/mol. The van der Waals surface area contributed by atoms with Crippen molar-refractivity contribution in [1.82, 2.24) is 4.57 Å². The number of nitrogens with zero attached hydrogens (tertiary/aromatic N) is 2. The minimum Gasteiger partial charge on any atom is -0.496 e. The van der Waals surface area contributed by atoms with Gasteiger partial charge in [0.1, 0.15) is 5.75 Å². The van der Waals surface area contributed by atoms with E-state index in [1.165, 1.54) is 16.9 Å². The molecule has 0 radical (unpaired) electrons. The molecule has 1 aliphatic carbocycles. The molecule has 0 spiro atoms. The van der Waals surface area contributed by atoms with Gasteiger partial charge < -0.3 is 14.2 Å². The Kier molecular flexibility index (Phi) is 6.37. The van der Waals surface area contributed by atoms with Crippen molar-refractivity contribution in [2.45, 2.75) is 25.8 Å². The third kappa shape index (κ3) is 4.03. The van der Waals surface area contributed by atoms with Crippen molar-refractivity contribution < 1.29 is 14.2 Å². The van der Waals surface area contributed by atoms with Crippen LogP contribution in [0.5, 0.6) is 17.2 Å². The summed E-state index contributed by atoms with van der Waals surface area (Å²) in [5.74, 6) is 2.07. The highest BCUT2D eigenvalue weighted by molar-refractivity contribution is 7.07. The van der Waals surface area contributed by atoms with E-state index in [9.17, 15) is 4.79 Å². The summed E-state index contributed by atoms with van der Waals surface area (Å²) in [5, 5.41) is 0. The van der Waals surface area contributed by atoms with Crippen LogP contribution in [0.25, 0.3) is 11.8 Å². The van der Waals surface area contributed by atoms with Crippen molar-refractivity contribution in [2.24, 2.45) is 4.99 Å². The molecule has 6 nitrogen and oxygen atoms in total. The van der Waals surface area contributed by atoms with Crippen LogP contribution in [0.15, 0.2) is 82.1 Å². The summed E-state index contributed by atoms with van der Waals surface area (Å²) in [7, 11) is 3.29. The monoisotopic (exact) mass is 524 g/mol. The van der Waals surface area contributed by atoms with E-state index in [-0.39, 0.29) is 11.6 Å². The molecule has 3 aromatic carbocycles. The van der Waals surface area contributed by atoms with Crippen molar-refractivity contribution >= 4 is 23.1 Å². The Morgan fingerprint density at radius 1 is 0.974 bits per heavy atom. The maximum atomic E-state index is 14.0. The van der Waals surface area contributed by atoms with Crippen molar-refractivity contribution in [1.29, 1.82) is 0 Å². The fourth-order valence-electron chi connectivity index (χ4n) is 5.39. The van der Waals surface area contributed by atoms with Crippen LogP contribution in [0.3, 0.4) is 0 Å². The number of methoxy groups -OCH3 is 2. The van der Waals surface area contributed by atoms with Crippen LogP contribution >= 0.6 is 11.3 Å². The number of rotatable bonds is 6. The Morgan fingerprint density at radius 2 is 1.76 bits per heavy atom. The fraction of sp³-hybridized carbons (Fsp3) is 0.226. The number of hydrogen-bond acceptors (Lipinski definition) is 6. The molecule has 0 bridgehead atoms. The Bertz CT molecular complexity index is 1750. The lowest BCUT2D eigenvalue weighted by Gasteiger charge is -2.31. The van der Waals surface area contributed by atoms with E-state index in [2.05, 4.69) is 30.3 Å². The average Bonchev–Trinajstić information content (AvgIpc) is 3.26.